The van der Waals surface area contributed by atoms with Gasteiger partial charge in [0.25, 0.3) is 0 Å². The molecule has 99 valence electrons. The molecule has 0 amide bonds. The van der Waals surface area contributed by atoms with Gasteiger partial charge in [-0.25, -0.2) is 9.97 Å². The summed E-state index contributed by atoms with van der Waals surface area (Å²) in [6.07, 6.45) is 7.06. The molecule has 0 saturated carbocycles. The summed E-state index contributed by atoms with van der Waals surface area (Å²) < 4.78 is 0. The van der Waals surface area contributed by atoms with Gasteiger partial charge in [-0.2, -0.15) is 0 Å². The number of aromatic nitrogens is 4. The van der Waals surface area contributed by atoms with Crippen molar-refractivity contribution in [3.8, 4) is 0 Å². The monoisotopic (exact) mass is 359 g/mol. The third-order valence-corrected chi connectivity index (χ3v) is 1.27. The Kier molecular flexibility index (Phi) is 9.14. The molecule has 0 saturated heterocycles. The van der Waals surface area contributed by atoms with Gasteiger partial charge < -0.3 is 9.97 Å². The Morgan fingerprint density at radius 3 is 1.24 bits per heavy atom. The molecule has 2 aromatic rings. The molecule has 0 aliphatic carbocycles. The van der Waals surface area contributed by atoms with Crippen molar-refractivity contribution in [1.82, 2.24) is 19.9 Å². The third-order valence-electron chi connectivity index (χ3n) is 1.27. The van der Waals surface area contributed by atoms with Crippen molar-refractivity contribution in [3.05, 3.63) is 36.4 Å². The standard InChI is InChI=1S/2C4H6N2.4ClH.Mn/c2*1-4-5-2-3-6-4;;;;;/h2*2-3H,1H3,(H,5,6);4*1H;/q;;;;;;+4/p-4. The van der Waals surface area contributed by atoms with E-state index < -0.39 is 9.20 Å². The van der Waals surface area contributed by atoms with E-state index in [0.29, 0.717) is 0 Å². The van der Waals surface area contributed by atoms with Gasteiger partial charge in [-0.05, 0) is 13.8 Å². The van der Waals surface area contributed by atoms with E-state index in [0.717, 1.165) is 11.6 Å². The number of nitrogens with one attached hydrogen (secondary N) is 2. The summed E-state index contributed by atoms with van der Waals surface area (Å²) >= 11 is 0. The number of hydrogen-bond donors (Lipinski definition) is 2. The second kappa shape index (κ2) is 9.09. The molecular weight excluding hydrogens is 349 g/mol. The van der Waals surface area contributed by atoms with Crippen molar-refractivity contribution in [3.63, 3.8) is 0 Å². The average molecular weight is 361 g/mol. The molecule has 0 radical (unpaired) electrons. The molecule has 0 aromatic carbocycles. The van der Waals surface area contributed by atoms with Crippen LogP contribution in [0.5, 0.6) is 0 Å². The summed E-state index contributed by atoms with van der Waals surface area (Å²) in [4.78, 5) is 13.5. The van der Waals surface area contributed by atoms with Crippen LogP contribution in [-0.2, 0) is 9.20 Å². The Morgan fingerprint density at radius 2 is 1.18 bits per heavy atom. The fraction of sp³-hybridized carbons (Fsp3) is 0.250. The molecule has 0 unspecified atom stereocenters. The van der Waals surface area contributed by atoms with Crippen molar-refractivity contribution in [2.45, 2.75) is 13.8 Å². The number of imidazole rings is 2. The molecular formula is C8H12Cl4MnN4. The number of rotatable bonds is 0. The number of aromatic amines is 2. The molecule has 0 bridgehead atoms. The Balaban J connectivity index is 0.000000228. The predicted octanol–water partition coefficient (Wildman–Crippen LogP) is 4.19. The summed E-state index contributed by atoms with van der Waals surface area (Å²) in [5.74, 6) is 1.94. The van der Waals surface area contributed by atoms with Gasteiger partial charge in [-0.1, -0.05) is 0 Å². The van der Waals surface area contributed by atoms with E-state index in [9.17, 15) is 0 Å². The first-order valence-corrected chi connectivity index (χ1v) is 10.8. The summed E-state index contributed by atoms with van der Waals surface area (Å²) in [7, 11) is 17.1. The number of H-pyrrole nitrogens is 2. The summed E-state index contributed by atoms with van der Waals surface area (Å²) in [5, 5.41) is 0. The van der Waals surface area contributed by atoms with Crippen LogP contribution >= 0.6 is 40.4 Å². The molecule has 4 nitrogen and oxygen atoms in total. The Labute approximate surface area is 119 Å². The van der Waals surface area contributed by atoms with Crippen LogP contribution < -0.4 is 0 Å². The van der Waals surface area contributed by atoms with Gasteiger partial charge in [-0.15, -0.1) is 0 Å². The van der Waals surface area contributed by atoms with E-state index in [1.54, 1.807) is 24.8 Å². The van der Waals surface area contributed by atoms with Gasteiger partial charge in [0, 0.05) is 24.8 Å². The fourth-order valence-electron chi connectivity index (χ4n) is 0.688. The molecule has 2 rings (SSSR count). The normalized spacial score (nSPS) is 10.7. The van der Waals surface area contributed by atoms with Crippen LogP contribution in [0.1, 0.15) is 11.6 Å². The maximum atomic E-state index is 4.97. The van der Waals surface area contributed by atoms with Crippen LogP contribution in [0.3, 0.4) is 0 Å². The van der Waals surface area contributed by atoms with Gasteiger partial charge in [-0.3, -0.25) is 0 Å². The second-order valence-corrected chi connectivity index (χ2v) is 14.4. The molecule has 9 heteroatoms. The number of halogens is 4. The minimum absolute atomic E-state index is 0.968. The van der Waals surface area contributed by atoms with E-state index in [-0.39, 0.29) is 0 Å². The maximum absolute atomic E-state index is 4.97. The van der Waals surface area contributed by atoms with Crippen LogP contribution in [-0.4, -0.2) is 19.9 Å². The van der Waals surface area contributed by atoms with Crippen LogP contribution in [0.2, 0.25) is 0 Å². The molecule has 0 aliphatic rings. The Bertz CT molecular complexity index is 332. The fourth-order valence-corrected chi connectivity index (χ4v) is 0.688. The van der Waals surface area contributed by atoms with E-state index >= 15 is 0 Å². The molecule has 2 heterocycles. The topological polar surface area (TPSA) is 57.4 Å². The van der Waals surface area contributed by atoms with Gasteiger partial charge in [0.2, 0.25) is 0 Å². The Hall–Kier alpha value is 0.0995. The first-order valence-electron chi connectivity index (χ1n) is 4.28. The molecule has 17 heavy (non-hydrogen) atoms. The van der Waals surface area contributed by atoms with Gasteiger partial charge in [0.1, 0.15) is 11.6 Å². The number of nitrogens with zero attached hydrogens (tertiary/aromatic N) is 2. The van der Waals surface area contributed by atoms with Crippen molar-refractivity contribution in [2.24, 2.45) is 0 Å². The zero-order valence-corrected chi connectivity index (χ0v) is 13.3. The molecule has 0 aliphatic heterocycles. The van der Waals surface area contributed by atoms with Gasteiger partial charge in [0.15, 0.2) is 0 Å². The van der Waals surface area contributed by atoms with Crippen molar-refractivity contribution in [1.29, 1.82) is 0 Å². The van der Waals surface area contributed by atoms with Gasteiger partial charge >= 0.3 is 49.6 Å². The molecule has 0 atom stereocenters. The zero-order valence-electron chi connectivity index (χ0n) is 9.09. The van der Waals surface area contributed by atoms with Crippen molar-refractivity contribution >= 4 is 40.4 Å². The SMILES string of the molecule is Cc1ncc[nH]1.Cc1ncc[nH]1.[Cl][Mn]([Cl])([Cl])[Cl]. The van der Waals surface area contributed by atoms with E-state index in [4.69, 9.17) is 40.4 Å². The summed E-state index contributed by atoms with van der Waals surface area (Å²) in [5.41, 5.74) is 0. The van der Waals surface area contributed by atoms with Crippen LogP contribution in [0.25, 0.3) is 0 Å². The third kappa shape index (κ3) is 16.1. The van der Waals surface area contributed by atoms with E-state index in [2.05, 4.69) is 19.9 Å². The first-order chi connectivity index (χ1) is 7.79. The zero-order chi connectivity index (χ0) is 13.3. The first kappa shape index (κ1) is 17.1. The van der Waals surface area contributed by atoms with E-state index in [1.807, 2.05) is 13.8 Å². The van der Waals surface area contributed by atoms with Crippen LogP contribution in [0, 0.1) is 13.8 Å². The van der Waals surface area contributed by atoms with E-state index in [1.165, 1.54) is 0 Å². The minimum atomic E-state index is -2.74. The van der Waals surface area contributed by atoms with Gasteiger partial charge in [0.05, 0.1) is 0 Å². The van der Waals surface area contributed by atoms with Crippen LogP contribution in [0.15, 0.2) is 24.8 Å². The molecule has 0 fully saturated rings. The van der Waals surface area contributed by atoms with Crippen LogP contribution in [0.4, 0.5) is 0 Å². The van der Waals surface area contributed by atoms with Crippen molar-refractivity contribution in [2.75, 3.05) is 0 Å². The molecule has 2 N–H and O–H groups in total. The summed E-state index contributed by atoms with van der Waals surface area (Å²) in [6.45, 7) is 3.83. The number of aryl methyl sites for hydroxylation is 2. The molecule has 2 aromatic heterocycles. The summed E-state index contributed by atoms with van der Waals surface area (Å²) in [6, 6.07) is 0. The number of hydrogen-bond acceptors (Lipinski definition) is 2. The predicted molar refractivity (Wildman–Crippen MR) is 70.1 cm³/mol. The Morgan fingerprint density at radius 1 is 0.882 bits per heavy atom. The second-order valence-electron chi connectivity index (χ2n) is 2.67. The molecule has 0 spiro atoms. The quantitative estimate of drug-likeness (QED) is 0.692. The van der Waals surface area contributed by atoms with Crippen molar-refractivity contribution < 1.29 is 9.20 Å². The average Bonchev–Trinajstić information content (AvgIpc) is 2.76.